The van der Waals surface area contributed by atoms with Gasteiger partial charge in [0.15, 0.2) is 0 Å². The first kappa shape index (κ1) is 15.9. The summed E-state index contributed by atoms with van der Waals surface area (Å²) in [7, 11) is 0. The van der Waals surface area contributed by atoms with E-state index in [4.69, 9.17) is 0 Å². The molecule has 0 amide bonds. The number of nitrogens with one attached hydrogen (secondary N) is 1. The van der Waals surface area contributed by atoms with Crippen molar-refractivity contribution in [1.82, 2.24) is 10.2 Å². The van der Waals surface area contributed by atoms with Crippen LogP contribution in [0.4, 0.5) is 0 Å². The molecule has 2 heteroatoms. The number of hydrogen-bond acceptors (Lipinski definition) is 2. The van der Waals surface area contributed by atoms with Crippen LogP contribution in [0.15, 0.2) is 0 Å². The van der Waals surface area contributed by atoms with E-state index < -0.39 is 0 Å². The first-order valence-electron chi connectivity index (χ1n) is 7.09. The van der Waals surface area contributed by atoms with Gasteiger partial charge in [-0.2, -0.15) is 0 Å². The van der Waals surface area contributed by atoms with Crippen LogP contribution in [0.5, 0.6) is 0 Å². The van der Waals surface area contributed by atoms with Crippen molar-refractivity contribution < 1.29 is 0 Å². The fourth-order valence-corrected chi connectivity index (χ4v) is 2.17. The molecule has 0 aliphatic rings. The molecule has 0 aromatic heterocycles. The smallest absolute Gasteiger partial charge is 0.0195 e. The Balaban J connectivity index is 3.69. The van der Waals surface area contributed by atoms with Gasteiger partial charge in [0.1, 0.15) is 0 Å². The average molecular weight is 228 g/mol. The Hall–Kier alpha value is -0.0800. The summed E-state index contributed by atoms with van der Waals surface area (Å²) < 4.78 is 0. The SMILES string of the molecule is CCCCCNCC(C)N(CCC)C(C)C. The third-order valence-corrected chi connectivity index (χ3v) is 3.11. The van der Waals surface area contributed by atoms with Gasteiger partial charge in [-0.15, -0.1) is 0 Å². The Morgan fingerprint density at radius 2 is 1.69 bits per heavy atom. The van der Waals surface area contributed by atoms with Gasteiger partial charge in [0.2, 0.25) is 0 Å². The largest absolute Gasteiger partial charge is 0.315 e. The highest BCUT2D eigenvalue weighted by Gasteiger charge is 2.15. The summed E-state index contributed by atoms with van der Waals surface area (Å²) in [4.78, 5) is 2.59. The molecule has 0 bridgehead atoms. The summed E-state index contributed by atoms with van der Waals surface area (Å²) in [6.07, 6.45) is 5.23. The fourth-order valence-electron chi connectivity index (χ4n) is 2.17. The molecule has 0 aromatic carbocycles. The summed E-state index contributed by atoms with van der Waals surface area (Å²) >= 11 is 0. The zero-order valence-corrected chi connectivity index (χ0v) is 12.1. The Kier molecular flexibility index (Phi) is 10.0. The molecule has 0 fully saturated rings. The Bertz CT molecular complexity index is 146. The molecule has 1 N–H and O–H groups in total. The fraction of sp³-hybridized carbons (Fsp3) is 1.00. The number of rotatable bonds is 10. The normalized spacial score (nSPS) is 13.7. The number of unbranched alkanes of at least 4 members (excludes halogenated alkanes) is 2. The second-order valence-corrected chi connectivity index (χ2v) is 5.09. The molecule has 0 rings (SSSR count). The Morgan fingerprint density at radius 1 is 1.00 bits per heavy atom. The van der Waals surface area contributed by atoms with Gasteiger partial charge in [0, 0.05) is 18.6 Å². The molecule has 0 saturated carbocycles. The summed E-state index contributed by atoms with van der Waals surface area (Å²) in [5, 5.41) is 3.57. The van der Waals surface area contributed by atoms with Crippen molar-refractivity contribution in [3.8, 4) is 0 Å². The van der Waals surface area contributed by atoms with Crippen LogP contribution in [0.1, 0.15) is 60.3 Å². The summed E-state index contributed by atoms with van der Waals surface area (Å²) in [5.41, 5.74) is 0. The molecular weight excluding hydrogens is 196 g/mol. The van der Waals surface area contributed by atoms with E-state index in [1.54, 1.807) is 0 Å². The minimum absolute atomic E-state index is 0.654. The van der Waals surface area contributed by atoms with Crippen LogP contribution < -0.4 is 5.32 Å². The lowest BCUT2D eigenvalue weighted by Crippen LogP contribution is -2.44. The minimum Gasteiger partial charge on any atom is -0.315 e. The van der Waals surface area contributed by atoms with E-state index in [1.165, 1.54) is 38.8 Å². The second-order valence-electron chi connectivity index (χ2n) is 5.09. The van der Waals surface area contributed by atoms with E-state index in [2.05, 4.69) is 44.8 Å². The molecule has 0 aliphatic heterocycles. The molecule has 1 unspecified atom stereocenters. The molecule has 1 atom stereocenters. The van der Waals surface area contributed by atoms with E-state index in [1.807, 2.05) is 0 Å². The standard InChI is InChI=1S/C14H32N2/c1-6-8-9-10-15-12-14(5)16(11-7-2)13(3)4/h13-15H,6-12H2,1-5H3. The van der Waals surface area contributed by atoms with Crippen molar-refractivity contribution in [3.63, 3.8) is 0 Å². The van der Waals surface area contributed by atoms with E-state index in [-0.39, 0.29) is 0 Å². The quantitative estimate of drug-likeness (QED) is 0.577. The van der Waals surface area contributed by atoms with Gasteiger partial charge in [-0.3, -0.25) is 4.90 Å². The van der Waals surface area contributed by atoms with Crippen molar-refractivity contribution in [2.45, 2.75) is 72.4 Å². The maximum atomic E-state index is 3.57. The molecule has 0 aliphatic carbocycles. The van der Waals surface area contributed by atoms with Gasteiger partial charge >= 0.3 is 0 Å². The van der Waals surface area contributed by atoms with Crippen molar-refractivity contribution >= 4 is 0 Å². The van der Waals surface area contributed by atoms with Crippen molar-refractivity contribution in [1.29, 1.82) is 0 Å². The lowest BCUT2D eigenvalue weighted by atomic mass is 10.2. The molecule has 0 heterocycles. The minimum atomic E-state index is 0.654. The van der Waals surface area contributed by atoms with E-state index in [0.717, 1.165) is 6.54 Å². The van der Waals surface area contributed by atoms with E-state index >= 15 is 0 Å². The highest BCUT2D eigenvalue weighted by atomic mass is 15.2. The van der Waals surface area contributed by atoms with Gasteiger partial charge in [-0.1, -0.05) is 26.7 Å². The van der Waals surface area contributed by atoms with Gasteiger partial charge in [0.25, 0.3) is 0 Å². The van der Waals surface area contributed by atoms with Crippen LogP contribution in [0.3, 0.4) is 0 Å². The van der Waals surface area contributed by atoms with Crippen LogP contribution >= 0.6 is 0 Å². The lowest BCUT2D eigenvalue weighted by Gasteiger charge is -2.32. The first-order valence-corrected chi connectivity index (χ1v) is 7.09. The van der Waals surface area contributed by atoms with Gasteiger partial charge in [0.05, 0.1) is 0 Å². The maximum Gasteiger partial charge on any atom is 0.0195 e. The predicted octanol–water partition coefficient (Wildman–Crippen LogP) is 3.28. The van der Waals surface area contributed by atoms with Crippen molar-refractivity contribution in [2.24, 2.45) is 0 Å². The van der Waals surface area contributed by atoms with Crippen molar-refractivity contribution in [2.75, 3.05) is 19.6 Å². The molecular formula is C14H32N2. The zero-order chi connectivity index (χ0) is 12.4. The molecule has 0 aromatic rings. The van der Waals surface area contributed by atoms with Gasteiger partial charge < -0.3 is 5.32 Å². The molecule has 98 valence electrons. The van der Waals surface area contributed by atoms with Crippen LogP contribution in [-0.4, -0.2) is 36.6 Å². The number of nitrogens with zero attached hydrogens (tertiary/aromatic N) is 1. The first-order chi connectivity index (χ1) is 7.63. The van der Waals surface area contributed by atoms with E-state index in [0.29, 0.717) is 12.1 Å². The zero-order valence-electron chi connectivity index (χ0n) is 12.1. The molecule has 16 heavy (non-hydrogen) atoms. The van der Waals surface area contributed by atoms with Crippen LogP contribution in [0, 0.1) is 0 Å². The monoisotopic (exact) mass is 228 g/mol. The van der Waals surface area contributed by atoms with Gasteiger partial charge in [-0.05, 0) is 46.7 Å². The Labute approximate surface area is 103 Å². The molecule has 2 nitrogen and oxygen atoms in total. The average Bonchev–Trinajstić information content (AvgIpc) is 2.24. The van der Waals surface area contributed by atoms with Crippen LogP contribution in [0.2, 0.25) is 0 Å². The predicted molar refractivity (Wildman–Crippen MR) is 74.0 cm³/mol. The number of hydrogen-bond donors (Lipinski definition) is 1. The molecule has 0 radical (unpaired) electrons. The topological polar surface area (TPSA) is 15.3 Å². The second kappa shape index (κ2) is 10.1. The van der Waals surface area contributed by atoms with Gasteiger partial charge in [-0.25, -0.2) is 0 Å². The Morgan fingerprint density at radius 3 is 2.19 bits per heavy atom. The van der Waals surface area contributed by atoms with Crippen molar-refractivity contribution in [3.05, 3.63) is 0 Å². The molecule has 0 saturated heterocycles. The lowest BCUT2D eigenvalue weighted by molar-refractivity contribution is 0.161. The van der Waals surface area contributed by atoms with Crippen LogP contribution in [0.25, 0.3) is 0 Å². The maximum absolute atomic E-state index is 3.57. The third kappa shape index (κ3) is 7.24. The summed E-state index contributed by atoms with van der Waals surface area (Å²) in [5.74, 6) is 0. The molecule has 0 spiro atoms. The van der Waals surface area contributed by atoms with Crippen LogP contribution in [-0.2, 0) is 0 Å². The summed E-state index contributed by atoms with van der Waals surface area (Å²) in [6.45, 7) is 15.0. The highest BCUT2D eigenvalue weighted by molar-refractivity contribution is 4.72. The summed E-state index contributed by atoms with van der Waals surface area (Å²) in [6, 6.07) is 1.31. The highest BCUT2D eigenvalue weighted by Crippen LogP contribution is 2.05. The van der Waals surface area contributed by atoms with E-state index in [9.17, 15) is 0 Å². The third-order valence-electron chi connectivity index (χ3n) is 3.11.